The minimum Gasteiger partial charge on any atom is -0.393 e. The van der Waals surface area contributed by atoms with Gasteiger partial charge in [0.25, 0.3) is 5.69 Å². The zero-order valence-electron chi connectivity index (χ0n) is 26.3. The normalized spacial score (nSPS) is 33.9. The lowest BCUT2D eigenvalue weighted by atomic mass is 9.49. The fourth-order valence-corrected chi connectivity index (χ4v) is 9.31. The molecule has 0 bridgehead atoms. The van der Waals surface area contributed by atoms with Crippen LogP contribution in [0.1, 0.15) is 112 Å². The Bertz CT molecular complexity index is 1130. The molecule has 1 aromatic carbocycles. The Kier molecular flexibility index (Phi) is 10.3. The van der Waals surface area contributed by atoms with Crippen LogP contribution in [0.2, 0.25) is 0 Å². The highest BCUT2D eigenvalue weighted by Gasteiger charge is 2.57. The minimum atomic E-state index is -0.634. The summed E-state index contributed by atoms with van der Waals surface area (Å²) in [6.45, 7) is 12.1. The number of aliphatic hydroxyl groups excluding tert-OH is 1. The first-order chi connectivity index (χ1) is 19.9. The van der Waals surface area contributed by atoms with E-state index in [9.17, 15) is 25.3 Å². The number of aliphatic hydroxyl groups is 1. The Morgan fingerprint density at radius 1 is 1.00 bits per heavy atom. The van der Waals surface area contributed by atoms with Crippen molar-refractivity contribution in [3.8, 4) is 0 Å². The van der Waals surface area contributed by atoms with E-state index in [4.69, 9.17) is 0 Å². The molecule has 2 unspecified atom stereocenters. The smallest absolute Gasteiger partial charge is 0.301 e. The lowest BCUT2D eigenvalue weighted by Crippen LogP contribution is -2.48. The highest BCUT2D eigenvalue weighted by Crippen LogP contribution is 2.65. The molecule has 0 amide bonds. The van der Waals surface area contributed by atoms with Gasteiger partial charge in [0, 0.05) is 12.3 Å². The van der Waals surface area contributed by atoms with Gasteiger partial charge in [-0.05, 0) is 110 Å². The van der Waals surface area contributed by atoms with Crippen LogP contribution in [0.5, 0.6) is 0 Å². The summed E-state index contributed by atoms with van der Waals surface area (Å²) in [5, 5.41) is 37.4. The van der Waals surface area contributed by atoms with Crippen LogP contribution in [0.25, 0.3) is 0 Å². The molecular weight excluding hydrogens is 532 g/mol. The maximum atomic E-state index is 11.6. The first-order valence-corrected chi connectivity index (χ1v) is 16.2. The van der Waals surface area contributed by atoms with Gasteiger partial charge in [0.05, 0.1) is 22.0 Å². The summed E-state index contributed by atoms with van der Waals surface area (Å²) in [7, 11) is 0. The highest BCUT2D eigenvalue weighted by atomic mass is 16.6. The van der Waals surface area contributed by atoms with Crippen molar-refractivity contribution in [2.24, 2.45) is 51.4 Å². The molecule has 0 aromatic heterocycles. The zero-order valence-corrected chi connectivity index (χ0v) is 26.3. The molecule has 0 saturated heterocycles. The lowest BCUT2D eigenvalue weighted by Gasteiger charge is -2.55. The highest BCUT2D eigenvalue weighted by molar-refractivity contribution is 5.67. The fourth-order valence-electron chi connectivity index (χ4n) is 9.31. The number of nitrogens with one attached hydrogen (secondary N) is 1. The summed E-state index contributed by atoms with van der Waals surface area (Å²) in [6.07, 6.45) is 15.2. The van der Waals surface area contributed by atoms with Crippen molar-refractivity contribution < 1.29 is 15.0 Å². The molecule has 0 radical (unpaired) electrons. The SMILES string of the molecule is CC(C)CCC[C@@H](C)[C@H]1CCC2[C@H](C/C=N/Nc3ccc([N+](=O)[O-])cc3[N+](=O)[O-])C(C3(C)CCC(O)CC3)CC[C@@]21C. The van der Waals surface area contributed by atoms with Gasteiger partial charge in [-0.25, -0.2) is 0 Å². The summed E-state index contributed by atoms with van der Waals surface area (Å²) in [5.41, 5.74) is 2.79. The summed E-state index contributed by atoms with van der Waals surface area (Å²) in [4.78, 5) is 21.4. The molecule has 234 valence electrons. The van der Waals surface area contributed by atoms with E-state index in [0.29, 0.717) is 23.2 Å². The molecule has 9 nitrogen and oxygen atoms in total. The van der Waals surface area contributed by atoms with Gasteiger partial charge in [-0.2, -0.15) is 5.10 Å². The van der Waals surface area contributed by atoms with Crippen molar-refractivity contribution in [3.05, 3.63) is 38.4 Å². The first-order valence-electron chi connectivity index (χ1n) is 16.2. The molecule has 3 saturated carbocycles. The van der Waals surface area contributed by atoms with E-state index < -0.39 is 9.85 Å². The predicted octanol–water partition coefficient (Wildman–Crippen LogP) is 8.75. The Morgan fingerprint density at radius 3 is 2.36 bits per heavy atom. The van der Waals surface area contributed by atoms with Crippen molar-refractivity contribution in [1.29, 1.82) is 0 Å². The topological polar surface area (TPSA) is 131 Å². The van der Waals surface area contributed by atoms with Gasteiger partial charge in [-0.1, -0.05) is 53.9 Å². The van der Waals surface area contributed by atoms with E-state index in [1.165, 1.54) is 57.1 Å². The molecule has 0 spiro atoms. The summed E-state index contributed by atoms with van der Waals surface area (Å²) < 4.78 is 0. The number of hydrogen-bond acceptors (Lipinski definition) is 7. The molecule has 2 N–H and O–H groups in total. The van der Waals surface area contributed by atoms with E-state index >= 15 is 0 Å². The molecule has 3 fully saturated rings. The minimum absolute atomic E-state index is 0.149. The number of nitrogens with zero attached hydrogens (tertiary/aromatic N) is 3. The molecule has 0 heterocycles. The third kappa shape index (κ3) is 6.98. The van der Waals surface area contributed by atoms with Crippen molar-refractivity contribution >= 4 is 23.3 Å². The third-order valence-electron chi connectivity index (χ3n) is 11.7. The van der Waals surface area contributed by atoms with Crippen LogP contribution in [0.15, 0.2) is 23.3 Å². The molecule has 3 aliphatic carbocycles. The quantitative estimate of drug-likeness (QED) is 0.143. The summed E-state index contributed by atoms with van der Waals surface area (Å²) in [5.74, 6) is 3.83. The molecule has 6 atom stereocenters. The van der Waals surface area contributed by atoms with Gasteiger partial charge in [0.2, 0.25) is 0 Å². The van der Waals surface area contributed by atoms with E-state index in [-0.39, 0.29) is 28.6 Å². The average Bonchev–Trinajstić information content (AvgIpc) is 3.29. The van der Waals surface area contributed by atoms with Crippen molar-refractivity contribution in [3.63, 3.8) is 0 Å². The molecule has 1 aromatic rings. The number of hydrogen-bond donors (Lipinski definition) is 2. The fraction of sp³-hybridized carbons (Fsp3) is 0.788. The van der Waals surface area contributed by atoms with Crippen LogP contribution in [0.3, 0.4) is 0 Å². The van der Waals surface area contributed by atoms with Crippen LogP contribution in [0.4, 0.5) is 17.1 Å². The van der Waals surface area contributed by atoms with Gasteiger partial charge >= 0.3 is 5.69 Å². The Hall–Kier alpha value is -2.55. The van der Waals surface area contributed by atoms with Gasteiger partial charge in [0.15, 0.2) is 0 Å². The number of non-ortho nitro benzene ring substituents is 1. The molecule has 4 rings (SSSR count). The van der Waals surface area contributed by atoms with Gasteiger partial charge in [-0.15, -0.1) is 0 Å². The van der Waals surface area contributed by atoms with Gasteiger partial charge in [0.1, 0.15) is 5.69 Å². The van der Waals surface area contributed by atoms with Crippen LogP contribution < -0.4 is 5.43 Å². The van der Waals surface area contributed by atoms with E-state index in [0.717, 1.165) is 55.9 Å². The number of benzene rings is 1. The maximum absolute atomic E-state index is 11.6. The number of hydrazone groups is 1. The van der Waals surface area contributed by atoms with Crippen molar-refractivity contribution in [1.82, 2.24) is 0 Å². The second-order valence-corrected chi connectivity index (χ2v) is 14.7. The van der Waals surface area contributed by atoms with E-state index in [1.807, 2.05) is 6.21 Å². The standard InChI is InChI=1S/C33H52N4O5/c1-22(2)7-6-8-23(3)27-10-11-29-26(28(15-19-33(27,29)5)32(4)17-13-25(38)14-18-32)16-20-34-35-30-12-9-24(36(39)40)21-31(30)37(41)42/h9,12,20-23,25-29,35,38H,6-8,10-11,13-19H2,1-5H3/b34-20+/t23-,25?,26-,27-,28?,29?,32?,33-/m1/s1. The molecular formula is C33H52N4O5. The monoisotopic (exact) mass is 584 g/mol. The van der Waals surface area contributed by atoms with Gasteiger partial charge < -0.3 is 5.11 Å². The van der Waals surface area contributed by atoms with Gasteiger partial charge in [-0.3, -0.25) is 25.7 Å². The number of nitro groups is 2. The number of nitro benzene ring substituents is 2. The largest absolute Gasteiger partial charge is 0.393 e. The molecule has 9 heteroatoms. The average molecular weight is 585 g/mol. The Balaban J connectivity index is 1.53. The maximum Gasteiger partial charge on any atom is 0.301 e. The second-order valence-electron chi connectivity index (χ2n) is 14.7. The Morgan fingerprint density at radius 2 is 1.71 bits per heavy atom. The number of rotatable bonds is 12. The van der Waals surface area contributed by atoms with Crippen LogP contribution in [0, 0.1) is 66.6 Å². The number of anilines is 1. The van der Waals surface area contributed by atoms with Crippen molar-refractivity contribution in [2.75, 3.05) is 5.43 Å². The van der Waals surface area contributed by atoms with Crippen molar-refractivity contribution in [2.45, 2.75) is 118 Å². The molecule has 42 heavy (non-hydrogen) atoms. The predicted molar refractivity (Wildman–Crippen MR) is 167 cm³/mol. The Labute approximate surface area is 251 Å². The summed E-state index contributed by atoms with van der Waals surface area (Å²) in [6, 6.07) is 3.58. The summed E-state index contributed by atoms with van der Waals surface area (Å²) >= 11 is 0. The third-order valence-corrected chi connectivity index (χ3v) is 11.7. The van der Waals surface area contributed by atoms with E-state index in [2.05, 4.69) is 45.1 Å². The first kappa shape index (κ1) is 32.4. The van der Waals surface area contributed by atoms with Crippen LogP contribution >= 0.6 is 0 Å². The number of fused-ring (bicyclic) bond motifs is 1. The van der Waals surface area contributed by atoms with Crippen LogP contribution in [-0.4, -0.2) is 27.3 Å². The molecule has 3 aliphatic rings. The molecule has 0 aliphatic heterocycles. The van der Waals surface area contributed by atoms with Crippen LogP contribution in [-0.2, 0) is 0 Å². The van der Waals surface area contributed by atoms with E-state index in [1.54, 1.807) is 0 Å². The lowest BCUT2D eigenvalue weighted by molar-refractivity contribution is -0.393. The zero-order chi connectivity index (χ0) is 30.7. The second kappa shape index (κ2) is 13.4.